The molecule has 0 saturated heterocycles. The second-order valence-electron chi connectivity index (χ2n) is 7.53. The molecular formula is C22H29ClN2O3. The van der Waals surface area contributed by atoms with Gasteiger partial charge in [0.25, 0.3) is 0 Å². The van der Waals surface area contributed by atoms with Crippen LogP contribution in [0.25, 0.3) is 10.8 Å². The molecule has 152 valence electrons. The molecule has 3 N–H and O–H groups in total. The number of benzene rings is 2. The van der Waals surface area contributed by atoms with E-state index in [1.807, 2.05) is 18.2 Å². The Bertz CT molecular complexity index is 818. The summed E-state index contributed by atoms with van der Waals surface area (Å²) in [7, 11) is 1.38. The highest BCUT2D eigenvalue weighted by Crippen LogP contribution is 2.26. The van der Waals surface area contributed by atoms with Crippen LogP contribution < -0.4 is 11.1 Å². The van der Waals surface area contributed by atoms with Gasteiger partial charge in [-0.05, 0) is 35.6 Å². The fourth-order valence-electron chi connectivity index (χ4n) is 3.86. The number of nitrogens with two attached hydrogens (primary N) is 1. The number of esters is 1. The van der Waals surface area contributed by atoms with Gasteiger partial charge in [0.2, 0.25) is 5.91 Å². The molecule has 0 radical (unpaired) electrons. The first kappa shape index (κ1) is 22.2. The van der Waals surface area contributed by atoms with Gasteiger partial charge in [-0.1, -0.05) is 61.7 Å². The summed E-state index contributed by atoms with van der Waals surface area (Å²) in [5.74, 6) is -0.917. The topological polar surface area (TPSA) is 81.4 Å². The van der Waals surface area contributed by atoms with E-state index in [2.05, 4.69) is 29.6 Å². The van der Waals surface area contributed by atoms with Gasteiger partial charge in [-0.2, -0.15) is 0 Å². The largest absolute Gasteiger partial charge is 0.469 e. The lowest BCUT2D eigenvalue weighted by Crippen LogP contribution is -2.56. The van der Waals surface area contributed by atoms with Crippen LogP contribution >= 0.6 is 12.4 Å². The van der Waals surface area contributed by atoms with Crippen molar-refractivity contribution in [2.45, 2.75) is 44.1 Å². The predicted octanol–water partition coefficient (Wildman–Crippen LogP) is 3.37. The molecule has 2 aromatic rings. The molecule has 1 aliphatic rings. The summed E-state index contributed by atoms with van der Waals surface area (Å²) in [4.78, 5) is 24.8. The van der Waals surface area contributed by atoms with E-state index in [0.29, 0.717) is 19.3 Å². The zero-order valence-electron chi connectivity index (χ0n) is 16.3. The summed E-state index contributed by atoms with van der Waals surface area (Å²) < 4.78 is 4.95. The third kappa shape index (κ3) is 5.24. The van der Waals surface area contributed by atoms with Gasteiger partial charge in [-0.3, -0.25) is 9.59 Å². The fourth-order valence-corrected chi connectivity index (χ4v) is 3.86. The van der Waals surface area contributed by atoms with Gasteiger partial charge in [0.05, 0.1) is 18.6 Å². The lowest BCUT2D eigenvalue weighted by atomic mass is 9.82. The van der Waals surface area contributed by atoms with Crippen molar-refractivity contribution in [3.05, 3.63) is 48.0 Å². The second kappa shape index (κ2) is 9.89. The number of fused-ring (bicyclic) bond motifs is 1. The standard InChI is InChI=1S/C22H28N2O3.ClH/c1-27-20(25)19(15-24-21(26)22(23)11-5-2-6-12-22)14-16-9-10-17-7-3-4-8-18(17)13-16;/h3-4,7-10,13,19H,2,5-6,11-12,14-15,23H2,1H3,(H,24,26);1H. The zero-order valence-corrected chi connectivity index (χ0v) is 17.1. The molecule has 0 aromatic heterocycles. The minimum Gasteiger partial charge on any atom is -0.469 e. The highest BCUT2D eigenvalue weighted by molar-refractivity contribution is 5.87. The van der Waals surface area contributed by atoms with Gasteiger partial charge in [0, 0.05) is 6.54 Å². The summed E-state index contributed by atoms with van der Waals surface area (Å²) in [6, 6.07) is 14.3. The van der Waals surface area contributed by atoms with E-state index in [4.69, 9.17) is 10.5 Å². The van der Waals surface area contributed by atoms with Crippen LogP contribution in [0.2, 0.25) is 0 Å². The third-order valence-electron chi connectivity index (χ3n) is 5.54. The summed E-state index contributed by atoms with van der Waals surface area (Å²) in [5.41, 5.74) is 6.52. The molecule has 1 amide bonds. The maximum atomic E-state index is 12.6. The van der Waals surface area contributed by atoms with Crippen LogP contribution in [0.4, 0.5) is 0 Å². The third-order valence-corrected chi connectivity index (χ3v) is 5.54. The monoisotopic (exact) mass is 404 g/mol. The Balaban J connectivity index is 0.00000280. The Labute approximate surface area is 172 Å². The van der Waals surface area contributed by atoms with Crippen LogP contribution in [0.5, 0.6) is 0 Å². The van der Waals surface area contributed by atoms with Gasteiger partial charge in [0.1, 0.15) is 0 Å². The molecular weight excluding hydrogens is 376 g/mol. The maximum Gasteiger partial charge on any atom is 0.310 e. The van der Waals surface area contributed by atoms with E-state index in [0.717, 1.165) is 35.6 Å². The van der Waals surface area contributed by atoms with E-state index in [9.17, 15) is 9.59 Å². The lowest BCUT2D eigenvalue weighted by Gasteiger charge is -2.32. The average Bonchev–Trinajstić information content (AvgIpc) is 2.70. The van der Waals surface area contributed by atoms with E-state index in [1.54, 1.807) is 0 Å². The maximum absolute atomic E-state index is 12.6. The Morgan fingerprint density at radius 1 is 1.11 bits per heavy atom. The number of rotatable bonds is 6. The molecule has 6 heteroatoms. The van der Waals surface area contributed by atoms with Crippen LogP contribution in [-0.4, -0.2) is 31.1 Å². The fraction of sp³-hybridized carbons (Fsp3) is 0.455. The Hall–Kier alpha value is -2.11. The van der Waals surface area contributed by atoms with E-state index in [1.165, 1.54) is 7.11 Å². The van der Waals surface area contributed by atoms with E-state index >= 15 is 0 Å². The average molecular weight is 405 g/mol. The first-order chi connectivity index (χ1) is 13.0. The number of methoxy groups -OCH3 is 1. The highest BCUT2D eigenvalue weighted by Gasteiger charge is 2.35. The van der Waals surface area contributed by atoms with Crippen LogP contribution in [0.1, 0.15) is 37.7 Å². The number of amides is 1. The summed E-state index contributed by atoms with van der Waals surface area (Å²) in [6.45, 7) is 0.233. The van der Waals surface area contributed by atoms with Crippen molar-refractivity contribution >= 4 is 35.1 Å². The van der Waals surface area contributed by atoms with Gasteiger partial charge in [-0.15, -0.1) is 12.4 Å². The van der Waals surface area contributed by atoms with Crippen LogP contribution in [0, 0.1) is 5.92 Å². The predicted molar refractivity (Wildman–Crippen MR) is 113 cm³/mol. The molecule has 5 nitrogen and oxygen atoms in total. The number of halogens is 1. The Morgan fingerprint density at radius 2 is 1.79 bits per heavy atom. The number of ether oxygens (including phenoxy) is 1. The van der Waals surface area contributed by atoms with Crippen molar-refractivity contribution < 1.29 is 14.3 Å². The molecule has 1 aliphatic carbocycles. The van der Waals surface area contributed by atoms with Crippen molar-refractivity contribution in [2.75, 3.05) is 13.7 Å². The molecule has 1 atom stereocenters. The van der Waals surface area contributed by atoms with Crippen molar-refractivity contribution in [1.82, 2.24) is 5.32 Å². The zero-order chi connectivity index (χ0) is 19.3. The summed E-state index contributed by atoms with van der Waals surface area (Å²) in [5, 5.41) is 5.19. The quantitative estimate of drug-likeness (QED) is 0.723. The molecule has 1 saturated carbocycles. The molecule has 0 spiro atoms. The van der Waals surface area contributed by atoms with E-state index in [-0.39, 0.29) is 30.8 Å². The molecule has 28 heavy (non-hydrogen) atoms. The minimum atomic E-state index is -0.804. The minimum absolute atomic E-state index is 0. The van der Waals surface area contributed by atoms with E-state index < -0.39 is 11.5 Å². The number of hydrogen-bond donors (Lipinski definition) is 2. The number of hydrogen-bond acceptors (Lipinski definition) is 4. The van der Waals surface area contributed by atoms with Crippen molar-refractivity contribution in [3.8, 4) is 0 Å². The molecule has 0 heterocycles. The highest BCUT2D eigenvalue weighted by atomic mass is 35.5. The van der Waals surface area contributed by atoms with Crippen molar-refractivity contribution in [2.24, 2.45) is 11.7 Å². The molecule has 0 aliphatic heterocycles. The molecule has 0 bridgehead atoms. The number of carbonyl (C=O) groups is 2. The van der Waals surface area contributed by atoms with Crippen molar-refractivity contribution in [1.29, 1.82) is 0 Å². The van der Waals surface area contributed by atoms with Crippen molar-refractivity contribution in [3.63, 3.8) is 0 Å². The molecule has 3 rings (SSSR count). The van der Waals surface area contributed by atoms with Gasteiger partial charge in [0.15, 0.2) is 0 Å². The number of carbonyl (C=O) groups excluding carboxylic acids is 2. The van der Waals surface area contributed by atoms with Gasteiger partial charge < -0.3 is 15.8 Å². The normalized spacial score (nSPS) is 16.6. The SMILES string of the molecule is COC(=O)C(CNC(=O)C1(N)CCCCC1)Cc1ccc2ccccc2c1.Cl. The van der Waals surface area contributed by atoms with Gasteiger partial charge >= 0.3 is 5.97 Å². The summed E-state index contributed by atoms with van der Waals surface area (Å²) in [6.07, 6.45) is 4.98. The summed E-state index contributed by atoms with van der Waals surface area (Å²) >= 11 is 0. The van der Waals surface area contributed by atoms with Crippen LogP contribution in [0.3, 0.4) is 0 Å². The Kier molecular flexibility index (Phi) is 7.84. The smallest absolute Gasteiger partial charge is 0.310 e. The number of nitrogens with one attached hydrogen (secondary N) is 1. The van der Waals surface area contributed by atoms with Crippen LogP contribution in [0.15, 0.2) is 42.5 Å². The Morgan fingerprint density at radius 3 is 2.46 bits per heavy atom. The molecule has 1 unspecified atom stereocenters. The molecule has 1 fully saturated rings. The first-order valence-electron chi connectivity index (χ1n) is 9.64. The van der Waals surface area contributed by atoms with Gasteiger partial charge in [-0.25, -0.2) is 0 Å². The first-order valence-corrected chi connectivity index (χ1v) is 9.64. The lowest BCUT2D eigenvalue weighted by molar-refractivity contribution is -0.145. The second-order valence-corrected chi connectivity index (χ2v) is 7.53. The van der Waals surface area contributed by atoms with Crippen LogP contribution in [-0.2, 0) is 20.7 Å². The molecule has 2 aromatic carbocycles.